The van der Waals surface area contributed by atoms with Crippen LogP contribution in [0.3, 0.4) is 0 Å². The third kappa shape index (κ3) is 3.58. The van der Waals surface area contributed by atoms with Crippen LogP contribution in [-0.2, 0) is 6.61 Å². The highest BCUT2D eigenvalue weighted by atomic mass is 16.5. The molecule has 0 saturated carbocycles. The van der Waals surface area contributed by atoms with E-state index in [1.165, 1.54) is 0 Å². The highest BCUT2D eigenvalue weighted by Crippen LogP contribution is 2.29. The molecule has 3 heteroatoms. The monoisotopic (exact) mass is 304 g/mol. The molecule has 1 N–H and O–H groups in total. The van der Waals surface area contributed by atoms with Crippen LogP contribution in [0, 0.1) is 0 Å². The van der Waals surface area contributed by atoms with Crippen LogP contribution in [0.2, 0.25) is 0 Å². The fraction of sp³-hybridized carbons (Fsp3) is 0.0500. The van der Waals surface area contributed by atoms with Crippen molar-refractivity contribution in [2.24, 2.45) is 0 Å². The zero-order chi connectivity index (χ0) is 16.1. The maximum absolute atomic E-state index is 11.3. The Morgan fingerprint density at radius 3 is 2.35 bits per heavy atom. The van der Waals surface area contributed by atoms with E-state index in [9.17, 15) is 9.90 Å². The van der Waals surface area contributed by atoms with Gasteiger partial charge in [0.1, 0.15) is 18.1 Å². The van der Waals surface area contributed by atoms with Crippen molar-refractivity contribution in [1.82, 2.24) is 0 Å². The van der Waals surface area contributed by atoms with E-state index in [0.717, 1.165) is 23.0 Å². The van der Waals surface area contributed by atoms with Crippen LogP contribution in [0.4, 0.5) is 0 Å². The third-order valence-electron chi connectivity index (χ3n) is 3.58. The van der Waals surface area contributed by atoms with Gasteiger partial charge in [0.15, 0.2) is 6.29 Å². The number of carbonyl (C=O) groups is 1. The first kappa shape index (κ1) is 14.9. The molecule has 3 nitrogen and oxygen atoms in total. The van der Waals surface area contributed by atoms with Crippen LogP contribution in [0.25, 0.3) is 11.1 Å². The summed E-state index contributed by atoms with van der Waals surface area (Å²) in [6.07, 6.45) is 0.823. The Morgan fingerprint density at radius 1 is 0.913 bits per heavy atom. The highest BCUT2D eigenvalue weighted by molar-refractivity contribution is 5.88. The Bertz CT molecular complexity index is 793. The fourth-order valence-corrected chi connectivity index (χ4v) is 2.36. The lowest BCUT2D eigenvalue weighted by Crippen LogP contribution is -1.96. The Labute approximate surface area is 134 Å². The summed E-state index contributed by atoms with van der Waals surface area (Å²) in [5.74, 6) is 0.889. The first-order chi connectivity index (χ1) is 11.3. The maximum atomic E-state index is 11.3. The standard InChI is InChI=1S/C20H16O3/c21-13-17-8-11-19(23-14-15-4-2-1-3-5-15)12-20(17)16-6-9-18(22)10-7-16/h1-13,22H,14H2. The molecule has 0 radical (unpaired) electrons. The van der Waals surface area contributed by atoms with Gasteiger partial charge in [0, 0.05) is 5.56 Å². The van der Waals surface area contributed by atoms with Crippen LogP contribution in [-0.4, -0.2) is 11.4 Å². The van der Waals surface area contributed by atoms with Crippen LogP contribution in [0.1, 0.15) is 15.9 Å². The first-order valence-corrected chi connectivity index (χ1v) is 7.31. The molecule has 0 atom stereocenters. The number of hydrogen-bond acceptors (Lipinski definition) is 3. The minimum atomic E-state index is 0.192. The van der Waals surface area contributed by atoms with E-state index in [1.807, 2.05) is 36.4 Å². The van der Waals surface area contributed by atoms with E-state index >= 15 is 0 Å². The molecule has 0 amide bonds. The number of ether oxygens (including phenoxy) is 1. The second-order valence-corrected chi connectivity index (χ2v) is 5.19. The zero-order valence-corrected chi connectivity index (χ0v) is 12.5. The number of benzene rings is 3. The van der Waals surface area contributed by atoms with Crippen molar-refractivity contribution in [3.8, 4) is 22.6 Å². The molecule has 0 aromatic heterocycles. The van der Waals surface area contributed by atoms with Gasteiger partial charge in [0.2, 0.25) is 0 Å². The molecule has 3 aromatic carbocycles. The van der Waals surface area contributed by atoms with E-state index in [2.05, 4.69) is 0 Å². The van der Waals surface area contributed by atoms with Crippen molar-refractivity contribution in [3.63, 3.8) is 0 Å². The number of phenols is 1. The van der Waals surface area contributed by atoms with Crippen LogP contribution in [0.15, 0.2) is 72.8 Å². The molecule has 0 heterocycles. The van der Waals surface area contributed by atoms with Crippen LogP contribution in [0.5, 0.6) is 11.5 Å². The quantitative estimate of drug-likeness (QED) is 0.708. The molecule has 0 bridgehead atoms. The predicted molar refractivity (Wildman–Crippen MR) is 89.7 cm³/mol. The van der Waals surface area contributed by atoms with E-state index in [4.69, 9.17) is 4.74 Å². The second-order valence-electron chi connectivity index (χ2n) is 5.19. The zero-order valence-electron chi connectivity index (χ0n) is 12.5. The SMILES string of the molecule is O=Cc1ccc(OCc2ccccc2)cc1-c1ccc(O)cc1. The molecular weight excluding hydrogens is 288 g/mol. The van der Waals surface area contributed by atoms with Gasteiger partial charge in [-0.25, -0.2) is 0 Å². The number of aldehydes is 1. The summed E-state index contributed by atoms with van der Waals surface area (Å²) in [5.41, 5.74) is 3.31. The van der Waals surface area contributed by atoms with Gasteiger partial charge in [-0.1, -0.05) is 42.5 Å². The normalized spacial score (nSPS) is 10.3. The van der Waals surface area contributed by atoms with Crippen LogP contribution >= 0.6 is 0 Å². The van der Waals surface area contributed by atoms with Crippen LogP contribution < -0.4 is 4.74 Å². The topological polar surface area (TPSA) is 46.5 Å². The lowest BCUT2D eigenvalue weighted by molar-refractivity contribution is 0.112. The summed E-state index contributed by atoms with van der Waals surface area (Å²) >= 11 is 0. The van der Waals surface area contributed by atoms with Gasteiger partial charge in [-0.2, -0.15) is 0 Å². The Hall–Kier alpha value is -3.07. The molecule has 0 aliphatic rings. The Balaban J connectivity index is 1.87. The summed E-state index contributed by atoms with van der Waals surface area (Å²) < 4.78 is 5.81. The van der Waals surface area contributed by atoms with Gasteiger partial charge in [-0.05, 0) is 47.0 Å². The van der Waals surface area contributed by atoms with Crippen molar-refractivity contribution in [1.29, 1.82) is 0 Å². The van der Waals surface area contributed by atoms with Gasteiger partial charge >= 0.3 is 0 Å². The van der Waals surface area contributed by atoms with Gasteiger partial charge in [-0.15, -0.1) is 0 Å². The molecule has 0 spiro atoms. The lowest BCUT2D eigenvalue weighted by atomic mass is 10.00. The molecule has 23 heavy (non-hydrogen) atoms. The molecule has 114 valence electrons. The fourth-order valence-electron chi connectivity index (χ4n) is 2.36. The summed E-state index contributed by atoms with van der Waals surface area (Å²) in [7, 11) is 0. The highest BCUT2D eigenvalue weighted by Gasteiger charge is 2.07. The lowest BCUT2D eigenvalue weighted by Gasteiger charge is -2.10. The Kier molecular flexibility index (Phi) is 4.39. The summed E-state index contributed by atoms with van der Waals surface area (Å²) in [6.45, 7) is 0.469. The summed E-state index contributed by atoms with van der Waals surface area (Å²) in [5, 5.41) is 9.40. The van der Waals surface area contributed by atoms with Gasteiger partial charge < -0.3 is 9.84 Å². The first-order valence-electron chi connectivity index (χ1n) is 7.31. The van der Waals surface area contributed by atoms with Gasteiger partial charge in [0.25, 0.3) is 0 Å². The van der Waals surface area contributed by atoms with E-state index < -0.39 is 0 Å². The average molecular weight is 304 g/mol. The maximum Gasteiger partial charge on any atom is 0.150 e. The molecular formula is C20H16O3. The smallest absolute Gasteiger partial charge is 0.150 e. The van der Waals surface area contributed by atoms with Crippen molar-refractivity contribution in [3.05, 3.63) is 83.9 Å². The molecule has 0 unspecified atom stereocenters. The molecule has 0 fully saturated rings. The van der Waals surface area contributed by atoms with Gasteiger partial charge in [0.05, 0.1) is 0 Å². The summed E-state index contributed by atoms with van der Waals surface area (Å²) in [4.78, 5) is 11.3. The van der Waals surface area contributed by atoms with Gasteiger partial charge in [-0.3, -0.25) is 4.79 Å². The second kappa shape index (κ2) is 6.79. The average Bonchev–Trinajstić information content (AvgIpc) is 2.61. The summed E-state index contributed by atoms with van der Waals surface area (Å²) in [6, 6.07) is 22.0. The number of rotatable bonds is 5. The third-order valence-corrected chi connectivity index (χ3v) is 3.58. The largest absolute Gasteiger partial charge is 0.508 e. The minimum absolute atomic E-state index is 0.192. The number of hydrogen-bond donors (Lipinski definition) is 1. The van der Waals surface area contributed by atoms with E-state index in [-0.39, 0.29) is 5.75 Å². The van der Waals surface area contributed by atoms with Crippen molar-refractivity contribution >= 4 is 6.29 Å². The van der Waals surface area contributed by atoms with Crippen molar-refractivity contribution in [2.45, 2.75) is 6.61 Å². The van der Waals surface area contributed by atoms with E-state index in [1.54, 1.807) is 36.4 Å². The molecule has 3 aromatic rings. The predicted octanol–water partition coefficient (Wildman–Crippen LogP) is 4.45. The Morgan fingerprint density at radius 2 is 1.65 bits per heavy atom. The minimum Gasteiger partial charge on any atom is -0.508 e. The molecule has 0 aliphatic heterocycles. The number of carbonyl (C=O) groups excluding carboxylic acids is 1. The van der Waals surface area contributed by atoms with E-state index in [0.29, 0.717) is 17.9 Å². The number of aromatic hydroxyl groups is 1. The van der Waals surface area contributed by atoms with Crippen molar-refractivity contribution in [2.75, 3.05) is 0 Å². The molecule has 3 rings (SSSR count). The van der Waals surface area contributed by atoms with Crippen molar-refractivity contribution < 1.29 is 14.6 Å². The molecule has 0 saturated heterocycles. The number of phenolic OH excluding ortho intramolecular Hbond substituents is 1. The molecule has 0 aliphatic carbocycles.